The summed E-state index contributed by atoms with van der Waals surface area (Å²) in [6, 6.07) is 0. The average Bonchev–Trinajstić information content (AvgIpc) is 2.23. The van der Waals surface area contributed by atoms with E-state index >= 15 is 0 Å². The van der Waals surface area contributed by atoms with Gasteiger partial charge in [-0.15, -0.1) is 0 Å². The number of hydrogen-bond donors (Lipinski definition) is 0. The predicted octanol–water partition coefficient (Wildman–Crippen LogP) is 0.889. The van der Waals surface area contributed by atoms with E-state index in [-0.39, 0.29) is 31.1 Å². The quantitative estimate of drug-likeness (QED) is 0.555. The Balaban J connectivity index is 3.98. The second-order valence-corrected chi connectivity index (χ2v) is 7.04. The van der Waals surface area contributed by atoms with Gasteiger partial charge in [-0.25, -0.2) is 0 Å². The first-order valence-electron chi connectivity index (χ1n) is 5.57. The molecule has 0 bridgehead atoms. The summed E-state index contributed by atoms with van der Waals surface area (Å²) in [6.45, 7) is 3.83. The molecule has 0 rings (SSSR count). The molecule has 0 aliphatic carbocycles. The van der Waals surface area contributed by atoms with Crippen LogP contribution < -0.4 is 0 Å². The van der Waals surface area contributed by atoms with Gasteiger partial charge < -0.3 is 0 Å². The van der Waals surface area contributed by atoms with E-state index in [1.54, 1.807) is 13.8 Å². The Morgan fingerprint density at radius 1 is 0.765 bits per heavy atom. The minimum atomic E-state index is -3.61. The first-order valence-corrected chi connectivity index (χ1v) is 8.72. The Morgan fingerprint density at radius 3 is 1.41 bits per heavy atom. The van der Waals surface area contributed by atoms with E-state index in [1.165, 1.54) is 0 Å². The highest BCUT2D eigenvalue weighted by Gasteiger charge is 2.15. The lowest BCUT2D eigenvalue weighted by Gasteiger charge is -2.05. The largest absolute Gasteiger partial charge is 0.270 e. The van der Waals surface area contributed by atoms with Crippen molar-refractivity contribution in [2.45, 2.75) is 33.1 Å². The third-order valence-corrected chi connectivity index (χ3v) is 4.35. The minimum Gasteiger partial charge on any atom is -0.270 e. The molecule has 0 atom stereocenters. The first-order chi connectivity index (χ1) is 7.83. The molecule has 0 fully saturated rings. The van der Waals surface area contributed by atoms with Crippen molar-refractivity contribution in [2.24, 2.45) is 0 Å². The van der Waals surface area contributed by atoms with Crippen LogP contribution >= 0.6 is 0 Å². The van der Waals surface area contributed by atoms with Crippen LogP contribution in [-0.4, -0.2) is 41.6 Å². The van der Waals surface area contributed by atoms with E-state index in [0.29, 0.717) is 12.8 Å². The summed E-state index contributed by atoms with van der Waals surface area (Å²) in [6.07, 6.45) is 1.17. The van der Waals surface area contributed by atoms with Gasteiger partial charge in [0, 0.05) is 0 Å². The van der Waals surface area contributed by atoms with E-state index in [9.17, 15) is 16.8 Å². The monoisotopic (exact) mass is 288 g/mol. The van der Waals surface area contributed by atoms with E-state index in [2.05, 4.69) is 8.37 Å². The molecule has 0 radical (unpaired) electrons. The molecule has 0 aliphatic rings. The molecule has 0 N–H and O–H groups in total. The van der Waals surface area contributed by atoms with Crippen molar-refractivity contribution >= 4 is 20.2 Å². The molecule has 0 saturated carbocycles. The maximum absolute atomic E-state index is 11.2. The number of rotatable bonds is 10. The molecule has 6 nitrogen and oxygen atoms in total. The SMILES string of the molecule is CCCOS(=O)(=O)CCCS(=O)(=O)OCCC. The van der Waals surface area contributed by atoms with Crippen molar-refractivity contribution in [1.29, 1.82) is 0 Å². The van der Waals surface area contributed by atoms with Gasteiger partial charge in [0.1, 0.15) is 0 Å². The summed E-state index contributed by atoms with van der Waals surface area (Å²) in [5, 5.41) is 0. The molecule has 0 aliphatic heterocycles. The lowest BCUT2D eigenvalue weighted by molar-refractivity contribution is 0.315. The molecule has 0 unspecified atom stereocenters. The number of hydrogen-bond acceptors (Lipinski definition) is 6. The smallest absolute Gasteiger partial charge is 0.267 e. The topological polar surface area (TPSA) is 86.7 Å². The second kappa shape index (κ2) is 8.02. The molecule has 0 spiro atoms. The Bertz CT molecular complexity index is 346. The maximum atomic E-state index is 11.2. The van der Waals surface area contributed by atoms with Crippen LogP contribution in [0.1, 0.15) is 33.1 Å². The minimum absolute atomic E-state index is 0.0158. The van der Waals surface area contributed by atoms with Crippen molar-refractivity contribution in [1.82, 2.24) is 0 Å². The van der Waals surface area contributed by atoms with Crippen LogP contribution in [0.2, 0.25) is 0 Å². The predicted molar refractivity (Wildman–Crippen MR) is 64.7 cm³/mol. The van der Waals surface area contributed by atoms with Gasteiger partial charge in [-0.2, -0.15) is 16.8 Å². The summed E-state index contributed by atoms with van der Waals surface area (Å²) < 4.78 is 54.1. The van der Waals surface area contributed by atoms with Gasteiger partial charge in [0.2, 0.25) is 0 Å². The molecule has 0 heterocycles. The van der Waals surface area contributed by atoms with E-state index < -0.39 is 20.2 Å². The Kier molecular flexibility index (Phi) is 7.93. The van der Waals surface area contributed by atoms with Gasteiger partial charge in [-0.1, -0.05) is 13.8 Å². The van der Waals surface area contributed by atoms with Crippen molar-refractivity contribution in [2.75, 3.05) is 24.7 Å². The van der Waals surface area contributed by atoms with Gasteiger partial charge in [0.15, 0.2) is 0 Å². The van der Waals surface area contributed by atoms with Crippen LogP contribution in [0.15, 0.2) is 0 Å². The Labute approximate surface area is 104 Å². The van der Waals surface area contributed by atoms with Crippen LogP contribution in [0.4, 0.5) is 0 Å². The third-order valence-electron chi connectivity index (χ3n) is 1.72. The lowest BCUT2D eigenvalue weighted by Crippen LogP contribution is -2.17. The second-order valence-electron chi connectivity index (χ2n) is 3.52. The summed E-state index contributed by atoms with van der Waals surface area (Å²) in [4.78, 5) is 0. The highest BCUT2D eigenvalue weighted by molar-refractivity contribution is 7.87. The third kappa shape index (κ3) is 9.51. The molecule has 0 amide bonds. The highest BCUT2D eigenvalue weighted by atomic mass is 32.2. The van der Waals surface area contributed by atoms with Crippen LogP contribution in [0.5, 0.6) is 0 Å². The zero-order valence-electron chi connectivity index (χ0n) is 10.2. The Hall–Kier alpha value is -0.180. The van der Waals surface area contributed by atoms with Gasteiger partial charge in [0.05, 0.1) is 24.7 Å². The van der Waals surface area contributed by atoms with Crippen molar-refractivity contribution < 1.29 is 25.2 Å². The zero-order valence-corrected chi connectivity index (χ0v) is 11.8. The fourth-order valence-corrected chi connectivity index (χ4v) is 3.21. The summed E-state index contributed by atoms with van der Waals surface area (Å²) in [5.41, 5.74) is 0. The van der Waals surface area contributed by atoms with Gasteiger partial charge in [-0.05, 0) is 19.3 Å². The summed E-state index contributed by atoms with van der Waals surface area (Å²) >= 11 is 0. The fourth-order valence-electron chi connectivity index (χ4n) is 0.951. The normalized spacial score (nSPS) is 12.8. The van der Waals surface area contributed by atoms with Crippen molar-refractivity contribution in [3.05, 3.63) is 0 Å². The van der Waals surface area contributed by atoms with Gasteiger partial charge in [0.25, 0.3) is 20.2 Å². The molecule has 17 heavy (non-hydrogen) atoms. The fraction of sp³-hybridized carbons (Fsp3) is 1.00. The Morgan fingerprint density at radius 2 is 1.12 bits per heavy atom. The van der Waals surface area contributed by atoms with Crippen molar-refractivity contribution in [3.63, 3.8) is 0 Å². The molecule has 0 saturated heterocycles. The highest BCUT2D eigenvalue weighted by Crippen LogP contribution is 2.02. The molecule has 8 heteroatoms. The van der Waals surface area contributed by atoms with E-state index in [4.69, 9.17) is 0 Å². The van der Waals surface area contributed by atoms with Gasteiger partial charge in [-0.3, -0.25) is 8.37 Å². The first kappa shape index (κ1) is 16.8. The standard InChI is InChI=1S/C9H20O6S2/c1-3-6-14-16(10,11)8-5-9-17(12,13)15-7-4-2/h3-9H2,1-2H3. The summed E-state index contributed by atoms with van der Waals surface area (Å²) in [5.74, 6) is -0.608. The van der Waals surface area contributed by atoms with E-state index in [0.717, 1.165) is 0 Å². The van der Waals surface area contributed by atoms with Crippen molar-refractivity contribution in [3.8, 4) is 0 Å². The van der Waals surface area contributed by atoms with Crippen LogP contribution in [0.25, 0.3) is 0 Å². The molecule has 0 aromatic rings. The summed E-state index contributed by atoms with van der Waals surface area (Å²) in [7, 11) is -7.21. The average molecular weight is 288 g/mol. The molecular formula is C9H20O6S2. The molecule has 0 aromatic heterocycles. The van der Waals surface area contributed by atoms with Gasteiger partial charge >= 0.3 is 0 Å². The molecular weight excluding hydrogens is 268 g/mol. The maximum Gasteiger partial charge on any atom is 0.267 e. The molecule has 104 valence electrons. The van der Waals surface area contributed by atoms with Crippen LogP contribution in [0.3, 0.4) is 0 Å². The molecule has 0 aromatic carbocycles. The lowest BCUT2D eigenvalue weighted by atomic mass is 10.5. The van der Waals surface area contributed by atoms with E-state index in [1.807, 2.05) is 0 Å². The van der Waals surface area contributed by atoms with Crippen LogP contribution in [-0.2, 0) is 28.6 Å². The van der Waals surface area contributed by atoms with Crippen LogP contribution in [0, 0.1) is 0 Å². The zero-order chi connectivity index (χ0) is 13.4.